The molecule has 144 valence electrons. The van der Waals surface area contributed by atoms with E-state index >= 15 is 0 Å². The Labute approximate surface area is 174 Å². The molecular weight excluding hydrogens is 475 g/mol. The number of carbonyl (C=O) groups is 2. The van der Waals surface area contributed by atoms with E-state index in [0.717, 1.165) is 9.64 Å². The van der Waals surface area contributed by atoms with Crippen molar-refractivity contribution in [1.82, 2.24) is 10.9 Å². The number of nitrogens with one attached hydrogen (secondary N) is 2. The van der Waals surface area contributed by atoms with Gasteiger partial charge in [-0.05, 0) is 78.9 Å². The topological polar surface area (TPSA) is 114 Å². The number of hydrogen-bond acceptors (Lipinski definition) is 6. The molecular formula is C19H17IN4O4. The Balaban J connectivity index is 1.75. The normalized spacial score (nSPS) is 15.3. The molecule has 3 rings (SSSR count). The lowest BCUT2D eigenvalue weighted by Gasteiger charge is -2.14. The minimum Gasteiger partial charge on any atom is -0.504 e. The van der Waals surface area contributed by atoms with Crippen LogP contribution in [0.25, 0.3) is 0 Å². The number of aromatic hydroxyl groups is 2. The molecule has 4 N–H and O–H groups in total. The molecule has 0 atom stereocenters. The summed E-state index contributed by atoms with van der Waals surface area (Å²) in [5.74, 6) is -1.56. The van der Waals surface area contributed by atoms with Crippen molar-refractivity contribution in [3.8, 4) is 11.5 Å². The maximum absolute atomic E-state index is 12.8. The SMILES string of the molecule is CC1=NN(c2ccc(I)cc2)C(=O)/C1=C(/C)NNC(=O)c1ccc(O)c(O)c1. The van der Waals surface area contributed by atoms with Crippen LogP contribution in [0, 0.1) is 3.57 Å². The number of hydrogen-bond donors (Lipinski definition) is 4. The quantitative estimate of drug-likeness (QED) is 0.227. The molecule has 1 heterocycles. The van der Waals surface area contributed by atoms with E-state index in [4.69, 9.17) is 0 Å². The van der Waals surface area contributed by atoms with Crippen molar-refractivity contribution in [3.05, 3.63) is 62.9 Å². The highest BCUT2D eigenvalue weighted by Gasteiger charge is 2.30. The van der Waals surface area contributed by atoms with Gasteiger partial charge in [0.1, 0.15) is 0 Å². The number of allylic oxidation sites excluding steroid dienone is 1. The highest BCUT2D eigenvalue weighted by atomic mass is 127. The molecule has 0 spiro atoms. The van der Waals surface area contributed by atoms with Crippen LogP contribution in [0.1, 0.15) is 24.2 Å². The summed E-state index contributed by atoms with van der Waals surface area (Å²) in [5.41, 5.74) is 7.26. The number of carbonyl (C=O) groups excluding carboxylic acids is 2. The van der Waals surface area contributed by atoms with Crippen molar-refractivity contribution in [3.63, 3.8) is 0 Å². The summed E-state index contributed by atoms with van der Waals surface area (Å²) in [6.45, 7) is 3.36. The molecule has 2 aromatic rings. The molecule has 1 aliphatic heterocycles. The zero-order valence-corrected chi connectivity index (χ0v) is 17.2. The van der Waals surface area contributed by atoms with Gasteiger partial charge in [-0.25, -0.2) is 0 Å². The fraction of sp³-hybridized carbons (Fsp3) is 0.105. The van der Waals surface area contributed by atoms with Gasteiger partial charge < -0.3 is 15.6 Å². The minimum atomic E-state index is -0.537. The van der Waals surface area contributed by atoms with E-state index < -0.39 is 11.7 Å². The molecule has 0 unspecified atom stereocenters. The second-order valence-corrected chi connectivity index (χ2v) is 7.31. The fourth-order valence-corrected chi connectivity index (χ4v) is 3.00. The van der Waals surface area contributed by atoms with Crippen LogP contribution in [0.15, 0.2) is 58.8 Å². The average Bonchev–Trinajstić information content (AvgIpc) is 2.96. The number of anilines is 1. The van der Waals surface area contributed by atoms with Gasteiger partial charge in [0.15, 0.2) is 11.5 Å². The number of phenols is 2. The summed E-state index contributed by atoms with van der Waals surface area (Å²) >= 11 is 2.18. The number of amides is 2. The second-order valence-electron chi connectivity index (χ2n) is 6.06. The van der Waals surface area contributed by atoms with E-state index in [1.165, 1.54) is 17.1 Å². The molecule has 0 saturated heterocycles. The maximum Gasteiger partial charge on any atom is 0.282 e. The van der Waals surface area contributed by atoms with Crippen molar-refractivity contribution in [2.24, 2.45) is 5.10 Å². The Bertz CT molecular complexity index is 1020. The van der Waals surface area contributed by atoms with Crippen molar-refractivity contribution < 1.29 is 19.8 Å². The Morgan fingerprint density at radius 3 is 2.39 bits per heavy atom. The number of halogens is 1. The number of benzene rings is 2. The van der Waals surface area contributed by atoms with E-state index in [0.29, 0.717) is 22.7 Å². The van der Waals surface area contributed by atoms with Crippen LogP contribution in [0.3, 0.4) is 0 Å². The van der Waals surface area contributed by atoms with Crippen molar-refractivity contribution in [2.45, 2.75) is 13.8 Å². The lowest BCUT2D eigenvalue weighted by atomic mass is 10.1. The van der Waals surface area contributed by atoms with Crippen molar-refractivity contribution in [1.29, 1.82) is 0 Å². The number of hydrazine groups is 1. The molecule has 2 amide bonds. The summed E-state index contributed by atoms with van der Waals surface area (Å²) in [4.78, 5) is 25.0. The van der Waals surface area contributed by atoms with Crippen LogP contribution in [0.2, 0.25) is 0 Å². The predicted molar refractivity (Wildman–Crippen MR) is 113 cm³/mol. The third-order valence-corrected chi connectivity index (χ3v) is 4.78. The number of rotatable bonds is 4. The Hall–Kier alpha value is -3.08. The first-order valence-electron chi connectivity index (χ1n) is 8.22. The second kappa shape index (κ2) is 7.89. The van der Waals surface area contributed by atoms with Gasteiger partial charge in [-0.2, -0.15) is 10.1 Å². The van der Waals surface area contributed by atoms with Crippen LogP contribution in [-0.4, -0.2) is 27.7 Å². The summed E-state index contributed by atoms with van der Waals surface area (Å²) in [7, 11) is 0. The lowest BCUT2D eigenvalue weighted by molar-refractivity contribution is -0.114. The summed E-state index contributed by atoms with van der Waals surface area (Å²) < 4.78 is 1.05. The molecule has 1 aliphatic rings. The molecule has 9 heteroatoms. The van der Waals surface area contributed by atoms with E-state index in [-0.39, 0.29) is 17.2 Å². The first-order chi connectivity index (χ1) is 13.3. The third kappa shape index (κ3) is 3.93. The maximum atomic E-state index is 12.8. The fourth-order valence-electron chi connectivity index (χ4n) is 2.64. The van der Waals surface area contributed by atoms with E-state index in [1.807, 2.05) is 12.1 Å². The first-order valence-corrected chi connectivity index (χ1v) is 9.30. The highest BCUT2D eigenvalue weighted by molar-refractivity contribution is 14.1. The largest absolute Gasteiger partial charge is 0.504 e. The number of hydrazone groups is 1. The monoisotopic (exact) mass is 492 g/mol. The average molecular weight is 492 g/mol. The van der Waals surface area contributed by atoms with Gasteiger partial charge in [0, 0.05) is 14.8 Å². The summed E-state index contributed by atoms with van der Waals surface area (Å²) in [5, 5.41) is 24.4. The van der Waals surface area contributed by atoms with Crippen LogP contribution in [0.5, 0.6) is 11.5 Å². The molecule has 0 radical (unpaired) electrons. The predicted octanol–water partition coefficient (Wildman–Crippen LogP) is 2.63. The van der Waals surface area contributed by atoms with Gasteiger partial charge in [-0.15, -0.1) is 0 Å². The Morgan fingerprint density at radius 1 is 1.07 bits per heavy atom. The zero-order valence-electron chi connectivity index (χ0n) is 15.0. The van der Waals surface area contributed by atoms with Gasteiger partial charge in [-0.1, -0.05) is 0 Å². The molecule has 8 nitrogen and oxygen atoms in total. The van der Waals surface area contributed by atoms with Crippen LogP contribution >= 0.6 is 22.6 Å². The molecule has 0 fully saturated rings. The first kappa shape index (κ1) is 19.7. The van der Waals surface area contributed by atoms with E-state index in [2.05, 4.69) is 38.5 Å². The summed E-state index contributed by atoms with van der Waals surface area (Å²) in [6.07, 6.45) is 0. The van der Waals surface area contributed by atoms with E-state index in [9.17, 15) is 19.8 Å². The van der Waals surface area contributed by atoms with Crippen LogP contribution in [-0.2, 0) is 4.79 Å². The third-order valence-electron chi connectivity index (χ3n) is 4.07. The lowest BCUT2D eigenvalue weighted by Crippen LogP contribution is -2.37. The van der Waals surface area contributed by atoms with Crippen molar-refractivity contribution in [2.75, 3.05) is 5.01 Å². The van der Waals surface area contributed by atoms with Crippen LogP contribution in [0.4, 0.5) is 5.69 Å². The molecule has 0 bridgehead atoms. The van der Waals surface area contributed by atoms with Gasteiger partial charge in [0.2, 0.25) is 0 Å². The van der Waals surface area contributed by atoms with Gasteiger partial charge in [-0.3, -0.25) is 15.0 Å². The molecule has 28 heavy (non-hydrogen) atoms. The molecule has 0 aliphatic carbocycles. The highest BCUT2D eigenvalue weighted by Crippen LogP contribution is 2.26. The number of nitrogens with zero attached hydrogens (tertiary/aromatic N) is 2. The van der Waals surface area contributed by atoms with Gasteiger partial charge in [0.25, 0.3) is 11.8 Å². The van der Waals surface area contributed by atoms with Crippen LogP contribution < -0.4 is 15.9 Å². The Morgan fingerprint density at radius 2 is 1.75 bits per heavy atom. The molecule has 2 aromatic carbocycles. The van der Waals surface area contributed by atoms with Gasteiger partial charge >= 0.3 is 0 Å². The van der Waals surface area contributed by atoms with E-state index in [1.54, 1.807) is 26.0 Å². The standard InChI is InChI=1S/C19H17IN4O4/c1-10(21-22-18(27)12-3-8-15(25)16(26)9-12)17-11(2)23-24(19(17)28)14-6-4-13(20)5-7-14/h3-9,21,25-26H,1-2H3,(H,22,27)/b17-10-. The Kier molecular flexibility index (Phi) is 5.54. The molecule has 0 aromatic heterocycles. The minimum absolute atomic E-state index is 0.143. The van der Waals surface area contributed by atoms with Crippen molar-refractivity contribution >= 4 is 45.8 Å². The number of phenolic OH excluding ortho intramolecular Hbond substituents is 2. The smallest absolute Gasteiger partial charge is 0.282 e. The zero-order chi connectivity index (χ0) is 20.4. The molecule has 0 saturated carbocycles. The van der Waals surface area contributed by atoms with Gasteiger partial charge in [0.05, 0.1) is 17.0 Å². The summed E-state index contributed by atoms with van der Waals surface area (Å²) in [6, 6.07) is 11.1.